The normalized spacial score (nSPS) is 18.2. The van der Waals surface area contributed by atoms with Crippen LogP contribution < -0.4 is 20.1 Å². The van der Waals surface area contributed by atoms with Crippen LogP contribution in [0.25, 0.3) is 0 Å². The number of ether oxygens (including phenoxy) is 3. The highest BCUT2D eigenvalue weighted by Crippen LogP contribution is 2.25. The minimum atomic E-state index is -1.04. The van der Waals surface area contributed by atoms with Crippen LogP contribution in [0.15, 0.2) is 48.5 Å². The molecule has 8 nitrogen and oxygen atoms in total. The molecule has 1 aliphatic heterocycles. The van der Waals surface area contributed by atoms with Gasteiger partial charge in [0.15, 0.2) is 6.61 Å². The van der Waals surface area contributed by atoms with Crippen LogP contribution in [0.5, 0.6) is 11.5 Å². The van der Waals surface area contributed by atoms with Crippen molar-refractivity contribution >= 4 is 29.1 Å². The van der Waals surface area contributed by atoms with E-state index in [4.69, 9.17) is 31.5 Å². The van der Waals surface area contributed by atoms with Gasteiger partial charge in [0, 0.05) is 37.4 Å². The summed E-state index contributed by atoms with van der Waals surface area (Å²) in [6, 6.07) is 14.4. The first-order valence-corrected chi connectivity index (χ1v) is 10.6. The number of halogens is 1. The second kappa shape index (κ2) is 10.6. The van der Waals surface area contributed by atoms with Crippen molar-refractivity contribution in [1.29, 1.82) is 0 Å². The van der Waals surface area contributed by atoms with Gasteiger partial charge in [0.25, 0.3) is 5.91 Å². The molecular formula is C23H28ClN3O5. The first-order valence-electron chi connectivity index (χ1n) is 10.2. The summed E-state index contributed by atoms with van der Waals surface area (Å²) in [4.78, 5) is 28.2. The number of nitrogens with two attached hydrogens (primary N) is 1. The van der Waals surface area contributed by atoms with Crippen molar-refractivity contribution in [3.63, 3.8) is 0 Å². The first kappa shape index (κ1) is 23.7. The molecule has 0 bridgehead atoms. The number of amides is 2. The van der Waals surface area contributed by atoms with Crippen LogP contribution >= 0.6 is 11.6 Å². The Morgan fingerprint density at radius 2 is 1.91 bits per heavy atom. The van der Waals surface area contributed by atoms with Gasteiger partial charge < -0.3 is 29.7 Å². The van der Waals surface area contributed by atoms with Crippen LogP contribution in [0.4, 0.5) is 5.69 Å². The van der Waals surface area contributed by atoms with Crippen LogP contribution in [0.1, 0.15) is 6.42 Å². The molecule has 172 valence electrons. The maximum atomic E-state index is 12.8. The van der Waals surface area contributed by atoms with Gasteiger partial charge in [0.1, 0.15) is 23.7 Å². The second-order valence-electron chi connectivity index (χ2n) is 7.91. The molecule has 0 radical (unpaired) electrons. The van der Waals surface area contributed by atoms with E-state index < -0.39 is 11.5 Å². The van der Waals surface area contributed by atoms with Crippen molar-refractivity contribution in [3.05, 3.63) is 53.6 Å². The summed E-state index contributed by atoms with van der Waals surface area (Å²) in [6.07, 6.45) is -0.0733. The van der Waals surface area contributed by atoms with E-state index in [1.165, 1.54) is 0 Å². The summed E-state index contributed by atoms with van der Waals surface area (Å²) in [5.41, 5.74) is 5.40. The maximum Gasteiger partial charge on any atom is 0.260 e. The topological polar surface area (TPSA) is 94.3 Å². The Balaban J connectivity index is 1.63. The Kier molecular flexibility index (Phi) is 7.82. The summed E-state index contributed by atoms with van der Waals surface area (Å²) < 4.78 is 17.5. The van der Waals surface area contributed by atoms with Gasteiger partial charge >= 0.3 is 0 Å². The minimum Gasteiger partial charge on any atom is -0.490 e. The van der Waals surface area contributed by atoms with Crippen LogP contribution in [0.2, 0.25) is 5.02 Å². The number of hydrogen-bond donors (Lipinski definition) is 1. The lowest BCUT2D eigenvalue weighted by Gasteiger charge is -2.41. The van der Waals surface area contributed by atoms with Crippen LogP contribution in [-0.2, 0) is 14.3 Å². The Hall–Kier alpha value is -2.97. The quantitative estimate of drug-likeness (QED) is 0.616. The zero-order chi connectivity index (χ0) is 23.1. The molecule has 3 rings (SSSR count). The van der Waals surface area contributed by atoms with E-state index >= 15 is 0 Å². The fourth-order valence-electron chi connectivity index (χ4n) is 3.45. The zero-order valence-corrected chi connectivity index (χ0v) is 19.0. The molecule has 1 saturated heterocycles. The number of nitrogens with zero attached hydrogens (tertiary/aromatic N) is 2. The highest BCUT2D eigenvalue weighted by atomic mass is 35.5. The smallest absolute Gasteiger partial charge is 0.260 e. The fraction of sp³-hybridized carbons (Fsp3) is 0.391. The van der Waals surface area contributed by atoms with Crippen LogP contribution in [0.3, 0.4) is 0 Å². The van der Waals surface area contributed by atoms with Crippen LogP contribution in [-0.4, -0.2) is 69.3 Å². The molecule has 1 atom stereocenters. The molecule has 32 heavy (non-hydrogen) atoms. The SMILES string of the molecule is CN(C)c1cccc(OCC(=O)N2CCO[C@@](COc3ccc(Cl)cc3)(CC(N)=O)C2)c1. The Morgan fingerprint density at radius 1 is 1.16 bits per heavy atom. The molecule has 1 aliphatic rings. The van der Waals surface area contributed by atoms with Gasteiger partial charge in [0.2, 0.25) is 5.91 Å². The van der Waals surface area contributed by atoms with E-state index in [0.717, 1.165) is 5.69 Å². The highest BCUT2D eigenvalue weighted by Gasteiger charge is 2.41. The second-order valence-corrected chi connectivity index (χ2v) is 8.35. The molecule has 2 N–H and O–H groups in total. The summed E-state index contributed by atoms with van der Waals surface area (Å²) in [5, 5.41) is 0.589. The number of primary amides is 1. The van der Waals surface area contributed by atoms with Gasteiger partial charge in [-0.3, -0.25) is 9.59 Å². The van der Waals surface area contributed by atoms with Gasteiger partial charge in [-0.05, 0) is 36.4 Å². The van der Waals surface area contributed by atoms with Gasteiger partial charge in [-0.25, -0.2) is 0 Å². The van der Waals surface area contributed by atoms with Crippen molar-refractivity contribution < 1.29 is 23.8 Å². The monoisotopic (exact) mass is 461 g/mol. The summed E-state index contributed by atoms with van der Waals surface area (Å²) >= 11 is 5.91. The molecule has 0 saturated carbocycles. The third-order valence-corrected chi connectivity index (χ3v) is 5.36. The number of anilines is 1. The van der Waals surface area contributed by atoms with Gasteiger partial charge in [0.05, 0.1) is 19.6 Å². The average Bonchev–Trinajstić information content (AvgIpc) is 2.77. The van der Waals surface area contributed by atoms with Gasteiger partial charge in [-0.2, -0.15) is 0 Å². The van der Waals surface area contributed by atoms with Crippen molar-refractivity contribution in [1.82, 2.24) is 4.90 Å². The van der Waals surface area contributed by atoms with E-state index in [9.17, 15) is 9.59 Å². The van der Waals surface area contributed by atoms with E-state index in [0.29, 0.717) is 23.1 Å². The van der Waals surface area contributed by atoms with Crippen molar-refractivity contribution in [2.45, 2.75) is 12.0 Å². The Morgan fingerprint density at radius 3 is 2.59 bits per heavy atom. The number of hydrogen-bond acceptors (Lipinski definition) is 6. The molecule has 1 heterocycles. The standard InChI is InChI=1S/C23H28ClN3O5/c1-26(2)18-4-3-5-20(12-18)30-14-22(29)27-10-11-32-23(15-27,13-21(25)28)16-31-19-8-6-17(24)7-9-19/h3-9,12H,10-11,13-16H2,1-2H3,(H2,25,28)/t23-/m0/s1. The van der Waals surface area contributed by atoms with E-state index in [1.54, 1.807) is 35.2 Å². The third kappa shape index (κ3) is 6.51. The minimum absolute atomic E-state index is 0.0626. The summed E-state index contributed by atoms with van der Waals surface area (Å²) in [5.74, 6) is 0.446. The number of carbonyl (C=O) groups is 2. The Labute approximate surface area is 192 Å². The lowest BCUT2D eigenvalue weighted by Crippen LogP contribution is -2.58. The van der Waals surface area contributed by atoms with Gasteiger partial charge in [-0.1, -0.05) is 17.7 Å². The molecular weight excluding hydrogens is 434 g/mol. The molecule has 2 aromatic rings. The van der Waals surface area contributed by atoms with Crippen LogP contribution in [0, 0.1) is 0 Å². The van der Waals surface area contributed by atoms with E-state index in [-0.39, 0.29) is 38.7 Å². The molecule has 1 fully saturated rings. The van der Waals surface area contributed by atoms with Gasteiger partial charge in [-0.15, -0.1) is 0 Å². The molecule has 0 aromatic heterocycles. The maximum absolute atomic E-state index is 12.8. The van der Waals surface area contributed by atoms with E-state index in [1.807, 2.05) is 37.2 Å². The lowest BCUT2D eigenvalue weighted by atomic mass is 9.97. The highest BCUT2D eigenvalue weighted by molar-refractivity contribution is 6.30. The van der Waals surface area contributed by atoms with Crippen molar-refractivity contribution in [2.75, 3.05) is 51.9 Å². The lowest BCUT2D eigenvalue weighted by molar-refractivity contribution is -0.163. The average molecular weight is 462 g/mol. The predicted molar refractivity (Wildman–Crippen MR) is 122 cm³/mol. The first-order chi connectivity index (χ1) is 15.3. The zero-order valence-electron chi connectivity index (χ0n) is 18.3. The Bertz CT molecular complexity index is 937. The summed E-state index contributed by atoms with van der Waals surface area (Å²) in [7, 11) is 3.87. The number of morpholine rings is 1. The molecule has 0 unspecified atom stereocenters. The molecule has 2 amide bonds. The number of benzene rings is 2. The summed E-state index contributed by atoms with van der Waals surface area (Å²) in [6.45, 7) is 0.763. The number of rotatable bonds is 9. The molecule has 9 heteroatoms. The van der Waals surface area contributed by atoms with Crippen molar-refractivity contribution in [3.8, 4) is 11.5 Å². The molecule has 0 spiro atoms. The fourth-order valence-corrected chi connectivity index (χ4v) is 3.58. The largest absolute Gasteiger partial charge is 0.490 e. The molecule has 2 aromatic carbocycles. The third-order valence-electron chi connectivity index (χ3n) is 5.11. The van der Waals surface area contributed by atoms with Crippen molar-refractivity contribution in [2.24, 2.45) is 5.73 Å². The number of carbonyl (C=O) groups excluding carboxylic acids is 2. The van der Waals surface area contributed by atoms with E-state index in [2.05, 4.69) is 0 Å². The predicted octanol–water partition coefficient (Wildman–Crippen LogP) is 2.34. The molecule has 0 aliphatic carbocycles.